The topological polar surface area (TPSA) is 39.2 Å². The molecule has 1 rings (SSSR count). The van der Waals surface area contributed by atoms with Crippen LogP contribution in [0.3, 0.4) is 0 Å². The van der Waals surface area contributed by atoms with Gasteiger partial charge in [0.15, 0.2) is 9.61 Å². The maximum atomic E-state index is 11.0. The van der Waals surface area contributed by atoms with Crippen molar-refractivity contribution in [1.29, 1.82) is 0 Å². The van der Waals surface area contributed by atoms with E-state index in [2.05, 4.69) is 20.9 Å². The molecule has 1 aromatic heterocycles. The molecule has 0 atom stereocenters. The maximum absolute atomic E-state index is 11.0. The van der Waals surface area contributed by atoms with Crippen molar-refractivity contribution in [2.75, 3.05) is 6.61 Å². The van der Waals surface area contributed by atoms with Crippen LogP contribution in [0.2, 0.25) is 0 Å². The number of ether oxygens (including phenoxy) is 1. The number of rotatable bonds is 2. The van der Waals surface area contributed by atoms with E-state index >= 15 is 0 Å². The predicted octanol–water partition coefficient (Wildman–Crippen LogP) is 2.08. The van der Waals surface area contributed by atoms with E-state index < -0.39 is 0 Å². The molecule has 0 saturated carbocycles. The zero-order chi connectivity index (χ0) is 8.27. The van der Waals surface area contributed by atoms with Crippen LogP contribution < -0.4 is 0 Å². The molecule has 60 valence electrons. The number of esters is 1. The van der Waals surface area contributed by atoms with Crippen molar-refractivity contribution in [2.24, 2.45) is 0 Å². The second-order valence-corrected chi connectivity index (χ2v) is 3.84. The number of hydrogen-bond donors (Lipinski definition) is 0. The van der Waals surface area contributed by atoms with Crippen molar-refractivity contribution in [3.05, 3.63) is 15.0 Å². The summed E-state index contributed by atoms with van der Waals surface area (Å²) in [6.07, 6.45) is 0. The van der Waals surface area contributed by atoms with Crippen molar-refractivity contribution < 1.29 is 9.53 Å². The van der Waals surface area contributed by atoms with Gasteiger partial charge in [-0.3, -0.25) is 0 Å². The minimum atomic E-state index is -0.366. The first-order valence-corrected chi connectivity index (χ1v) is 4.69. The van der Waals surface area contributed by atoms with Gasteiger partial charge in [-0.1, -0.05) is 0 Å². The summed E-state index contributed by atoms with van der Waals surface area (Å²) in [6.45, 7) is 2.15. The SMILES string of the molecule is CCOC(=O)c1csc(Br)n1. The van der Waals surface area contributed by atoms with Crippen molar-refractivity contribution >= 4 is 33.2 Å². The molecule has 0 N–H and O–H groups in total. The molecule has 1 heterocycles. The Balaban J connectivity index is 2.69. The Morgan fingerprint density at radius 3 is 3.09 bits per heavy atom. The highest BCUT2D eigenvalue weighted by molar-refractivity contribution is 9.11. The molecule has 3 nitrogen and oxygen atoms in total. The zero-order valence-electron chi connectivity index (χ0n) is 5.83. The summed E-state index contributed by atoms with van der Waals surface area (Å²) in [5.41, 5.74) is 0.365. The zero-order valence-corrected chi connectivity index (χ0v) is 8.24. The van der Waals surface area contributed by atoms with Crippen LogP contribution in [0.15, 0.2) is 9.30 Å². The molecule has 0 aromatic carbocycles. The van der Waals surface area contributed by atoms with Crippen LogP contribution in [0.25, 0.3) is 0 Å². The lowest BCUT2D eigenvalue weighted by Gasteiger charge is -1.95. The lowest BCUT2D eigenvalue weighted by Crippen LogP contribution is -2.04. The highest BCUT2D eigenvalue weighted by Gasteiger charge is 2.09. The van der Waals surface area contributed by atoms with Crippen LogP contribution in [0, 0.1) is 0 Å². The Hall–Kier alpha value is -0.420. The summed E-state index contributed by atoms with van der Waals surface area (Å²) in [7, 11) is 0. The van der Waals surface area contributed by atoms with E-state index in [1.54, 1.807) is 12.3 Å². The first-order chi connectivity index (χ1) is 5.24. The van der Waals surface area contributed by atoms with Gasteiger partial charge in [-0.05, 0) is 22.9 Å². The Labute approximate surface area is 76.5 Å². The van der Waals surface area contributed by atoms with Gasteiger partial charge in [-0.15, -0.1) is 11.3 Å². The van der Waals surface area contributed by atoms with Crippen molar-refractivity contribution in [2.45, 2.75) is 6.92 Å². The average molecular weight is 236 g/mol. The van der Waals surface area contributed by atoms with Crippen molar-refractivity contribution in [3.63, 3.8) is 0 Å². The van der Waals surface area contributed by atoms with Gasteiger partial charge < -0.3 is 4.74 Å². The van der Waals surface area contributed by atoms with E-state index in [0.717, 1.165) is 0 Å². The Morgan fingerprint density at radius 2 is 2.64 bits per heavy atom. The normalized spacial score (nSPS) is 9.64. The number of aromatic nitrogens is 1. The number of carbonyl (C=O) groups excluding carboxylic acids is 1. The molecule has 0 unspecified atom stereocenters. The molecule has 0 amide bonds. The number of thiazole rings is 1. The molecule has 0 saturated heterocycles. The Bertz CT molecular complexity index is 261. The number of hydrogen-bond acceptors (Lipinski definition) is 4. The third-order valence-electron chi connectivity index (χ3n) is 0.961. The molecular formula is C6H6BrNO2S. The van der Waals surface area contributed by atoms with Crippen LogP contribution in [0.1, 0.15) is 17.4 Å². The first-order valence-electron chi connectivity index (χ1n) is 3.02. The minimum Gasteiger partial charge on any atom is -0.461 e. The Morgan fingerprint density at radius 1 is 1.91 bits per heavy atom. The fraction of sp³-hybridized carbons (Fsp3) is 0.333. The average Bonchev–Trinajstić information content (AvgIpc) is 2.36. The monoisotopic (exact) mass is 235 g/mol. The van der Waals surface area contributed by atoms with Crippen molar-refractivity contribution in [3.8, 4) is 0 Å². The number of nitrogens with zero attached hydrogens (tertiary/aromatic N) is 1. The van der Waals surface area contributed by atoms with Gasteiger partial charge in [0, 0.05) is 5.38 Å². The van der Waals surface area contributed by atoms with Gasteiger partial charge in [0.2, 0.25) is 0 Å². The van der Waals surface area contributed by atoms with Gasteiger partial charge in [0.25, 0.3) is 0 Å². The molecule has 0 aliphatic rings. The largest absolute Gasteiger partial charge is 0.461 e. The summed E-state index contributed by atoms with van der Waals surface area (Å²) in [5, 5.41) is 1.65. The quantitative estimate of drug-likeness (QED) is 0.738. The van der Waals surface area contributed by atoms with Gasteiger partial charge in [-0.25, -0.2) is 9.78 Å². The van der Waals surface area contributed by atoms with Crippen LogP contribution in [-0.4, -0.2) is 17.6 Å². The molecule has 0 bridgehead atoms. The van der Waals surface area contributed by atoms with E-state index in [0.29, 0.717) is 16.2 Å². The van der Waals surface area contributed by atoms with E-state index in [-0.39, 0.29) is 5.97 Å². The van der Waals surface area contributed by atoms with E-state index in [1.807, 2.05) is 0 Å². The summed E-state index contributed by atoms with van der Waals surface area (Å²) in [5.74, 6) is -0.366. The van der Waals surface area contributed by atoms with Gasteiger partial charge in [0.1, 0.15) is 0 Å². The van der Waals surface area contributed by atoms with E-state index in [4.69, 9.17) is 4.74 Å². The maximum Gasteiger partial charge on any atom is 0.357 e. The molecule has 0 spiro atoms. The van der Waals surface area contributed by atoms with Crippen LogP contribution >= 0.6 is 27.3 Å². The molecule has 0 radical (unpaired) electrons. The predicted molar refractivity (Wildman–Crippen MR) is 45.8 cm³/mol. The highest BCUT2D eigenvalue weighted by Crippen LogP contribution is 2.16. The van der Waals surface area contributed by atoms with Crippen LogP contribution in [0.5, 0.6) is 0 Å². The molecule has 1 aromatic rings. The summed E-state index contributed by atoms with van der Waals surface area (Å²) in [6, 6.07) is 0. The second-order valence-electron chi connectivity index (χ2n) is 1.71. The summed E-state index contributed by atoms with van der Waals surface area (Å²) < 4.78 is 5.42. The number of carbonyl (C=O) groups is 1. The van der Waals surface area contributed by atoms with E-state index in [1.165, 1.54) is 11.3 Å². The van der Waals surface area contributed by atoms with Gasteiger partial charge in [-0.2, -0.15) is 0 Å². The van der Waals surface area contributed by atoms with Crippen LogP contribution in [-0.2, 0) is 4.74 Å². The lowest BCUT2D eigenvalue weighted by molar-refractivity contribution is 0.0520. The third kappa shape index (κ3) is 2.27. The molecule has 5 heteroatoms. The number of halogens is 1. The third-order valence-corrected chi connectivity index (χ3v) is 2.33. The fourth-order valence-corrected chi connectivity index (χ4v) is 1.53. The standard InChI is InChI=1S/C6H6BrNO2S/c1-2-10-5(9)4-3-11-6(7)8-4/h3H,2H2,1H3. The summed E-state index contributed by atoms with van der Waals surface area (Å²) in [4.78, 5) is 14.8. The molecule has 0 aliphatic carbocycles. The Kier molecular flexibility index (Phi) is 3.02. The smallest absolute Gasteiger partial charge is 0.357 e. The minimum absolute atomic E-state index is 0.365. The second kappa shape index (κ2) is 3.82. The summed E-state index contributed by atoms with van der Waals surface area (Å²) >= 11 is 4.51. The van der Waals surface area contributed by atoms with Gasteiger partial charge >= 0.3 is 5.97 Å². The van der Waals surface area contributed by atoms with E-state index in [9.17, 15) is 4.79 Å². The van der Waals surface area contributed by atoms with Crippen LogP contribution in [0.4, 0.5) is 0 Å². The molecule has 11 heavy (non-hydrogen) atoms. The first kappa shape index (κ1) is 8.67. The fourth-order valence-electron chi connectivity index (χ4n) is 0.551. The lowest BCUT2D eigenvalue weighted by atomic mass is 10.5. The van der Waals surface area contributed by atoms with Gasteiger partial charge in [0.05, 0.1) is 6.61 Å². The highest BCUT2D eigenvalue weighted by atomic mass is 79.9. The van der Waals surface area contributed by atoms with Crippen molar-refractivity contribution in [1.82, 2.24) is 4.98 Å². The molecule has 0 fully saturated rings. The molecule has 0 aliphatic heterocycles. The molecular weight excluding hydrogens is 230 g/mol.